The molecule has 1 nitrogen and oxygen atoms in total. The fraction of sp³-hybridized carbons (Fsp3) is 0.727. The lowest BCUT2D eigenvalue weighted by Gasteiger charge is -2.29. The second-order valence-electron chi connectivity index (χ2n) is 9.22. The Morgan fingerprint density at radius 1 is 0.870 bits per heavy atom. The minimum Gasteiger partial charge on any atom is -0.507 e. The van der Waals surface area contributed by atoms with Crippen LogP contribution in [0.2, 0.25) is 0 Å². The molecule has 0 bridgehead atoms. The first-order chi connectivity index (χ1) is 10.5. The molecule has 0 spiro atoms. The molecule has 0 aliphatic rings. The third-order valence-electron chi connectivity index (χ3n) is 4.81. The van der Waals surface area contributed by atoms with Gasteiger partial charge in [-0.05, 0) is 39.9 Å². The van der Waals surface area contributed by atoms with E-state index in [1.807, 2.05) is 0 Å². The number of benzene rings is 1. The van der Waals surface area contributed by atoms with Crippen molar-refractivity contribution >= 4 is 0 Å². The van der Waals surface area contributed by atoms with E-state index in [2.05, 4.69) is 67.5 Å². The van der Waals surface area contributed by atoms with Crippen molar-refractivity contribution in [2.45, 2.75) is 104 Å². The van der Waals surface area contributed by atoms with Gasteiger partial charge in [0, 0.05) is 0 Å². The number of phenols is 1. The average Bonchev–Trinajstić information content (AvgIpc) is 2.41. The van der Waals surface area contributed by atoms with Crippen LogP contribution < -0.4 is 0 Å². The molecule has 1 aromatic rings. The zero-order valence-corrected chi connectivity index (χ0v) is 16.7. The SMILES string of the molecule is CCCCCCC(C)c1cc(C(C)(C)C)c(O)c(C(C)(C)C)c1. The number of aromatic hydroxyl groups is 1. The van der Waals surface area contributed by atoms with E-state index in [4.69, 9.17) is 0 Å². The van der Waals surface area contributed by atoms with Crippen LogP contribution in [-0.4, -0.2) is 5.11 Å². The van der Waals surface area contributed by atoms with Crippen molar-refractivity contribution < 1.29 is 5.11 Å². The van der Waals surface area contributed by atoms with Crippen molar-refractivity contribution in [1.82, 2.24) is 0 Å². The van der Waals surface area contributed by atoms with Crippen LogP contribution in [0.25, 0.3) is 0 Å². The Hall–Kier alpha value is -0.980. The molecule has 0 saturated heterocycles. The van der Waals surface area contributed by atoms with E-state index >= 15 is 0 Å². The van der Waals surface area contributed by atoms with E-state index in [0.717, 1.165) is 11.1 Å². The van der Waals surface area contributed by atoms with Gasteiger partial charge in [-0.25, -0.2) is 0 Å². The zero-order chi connectivity index (χ0) is 17.8. The van der Waals surface area contributed by atoms with Crippen LogP contribution in [0, 0.1) is 0 Å². The first kappa shape index (κ1) is 20.1. The summed E-state index contributed by atoms with van der Waals surface area (Å²) in [4.78, 5) is 0. The van der Waals surface area contributed by atoms with Crippen LogP contribution in [-0.2, 0) is 10.8 Å². The molecule has 132 valence electrons. The second kappa shape index (κ2) is 7.73. The van der Waals surface area contributed by atoms with Gasteiger partial charge in [0.15, 0.2) is 0 Å². The summed E-state index contributed by atoms with van der Waals surface area (Å²) in [5.41, 5.74) is 3.47. The number of phenolic OH excluding ortho intramolecular Hbond substituents is 1. The average molecular weight is 319 g/mol. The molecule has 1 N–H and O–H groups in total. The van der Waals surface area contributed by atoms with Crippen molar-refractivity contribution in [1.29, 1.82) is 0 Å². The van der Waals surface area contributed by atoms with Gasteiger partial charge in [0.1, 0.15) is 5.75 Å². The Bertz CT molecular complexity index is 465. The standard InChI is InChI=1S/C22H38O/c1-9-10-11-12-13-16(2)17-14-18(21(3,4)5)20(23)19(15-17)22(6,7)8/h14-16,23H,9-13H2,1-8H3. The van der Waals surface area contributed by atoms with Crippen molar-refractivity contribution in [3.05, 3.63) is 28.8 Å². The summed E-state index contributed by atoms with van der Waals surface area (Å²) < 4.78 is 0. The van der Waals surface area contributed by atoms with Crippen molar-refractivity contribution in [3.63, 3.8) is 0 Å². The Balaban J connectivity index is 3.17. The van der Waals surface area contributed by atoms with Crippen molar-refractivity contribution in [3.8, 4) is 5.75 Å². The number of hydrogen-bond acceptors (Lipinski definition) is 1. The third-order valence-corrected chi connectivity index (χ3v) is 4.81. The third kappa shape index (κ3) is 5.55. The van der Waals surface area contributed by atoms with Gasteiger partial charge in [0.05, 0.1) is 0 Å². The molecule has 0 saturated carbocycles. The molecule has 0 amide bonds. The van der Waals surface area contributed by atoms with E-state index in [1.165, 1.54) is 37.7 Å². The lowest BCUT2D eigenvalue weighted by molar-refractivity contribution is 0.422. The highest BCUT2D eigenvalue weighted by Gasteiger charge is 2.27. The van der Waals surface area contributed by atoms with E-state index in [9.17, 15) is 5.11 Å². The van der Waals surface area contributed by atoms with Crippen LogP contribution in [0.5, 0.6) is 5.75 Å². The molecule has 1 unspecified atom stereocenters. The topological polar surface area (TPSA) is 20.2 Å². The fourth-order valence-electron chi connectivity index (χ4n) is 3.13. The predicted octanol–water partition coefficient (Wildman–Crippen LogP) is 7.06. The normalized spacial score (nSPS) is 14.1. The van der Waals surface area contributed by atoms with E-state index < -0.39 is 0 Å². The number of hydrogen-bond donors (Lipinski definition) is 1. The van der Waals surface area contributed by atoms with Crippen LogP contribution in [0.1, 0.15) is 110 Å². The Kier molecular flexibility index (Phi) is 6.74. The van der Waals surface area contributed by atoms with Gasteiger partial charge in [-0.1, -0.05) is 93.2 Å². The molecule has 23 heavy (non-hydrogen) atoms. The van der Waals surface area contributed by atoms with Gasteiger partial charge in [-0.15, -0.1) is 0 Å². The summed E-state index contributed by atoms with van der Waals surface area (Å²) in [7, 11) is 0. The number of rotatable bonds is 6. The molecule has 0 radical (unpaired) electrons. The van der Waals surface area contributed by atoms with E-state index in [-0.39, 0.29) is 10.8 Å². The summed E-state index contributed by atoms with van der Waals surface area (Å²) in [5.74, 6) is 1.04. The lowest BCUT2D eigenvalue weighted by atomic mass is 9.77. The summed E-state index contributed by atoms with van der Waals surface area (Å²) in [5, 5.41) is 10.8. The largest absolute Gasteiger partial charge is 0.507 e. The van der Waals surface area contributed by atoms with Gasteiger partial charge in [-0.3, -0.25) is 0 Å². The molecule has 0 heterocycles. The predicted molar refractivity (Wildman–Crippen MR) is 103 cm³/mol. The van der Waals surface area contributed by atoms with Gasteiger partial charge in [0.2, 0.25) is 0 Å². The molecule has 1 heteroatoms. The second-order valence-corrected chi connectivity index (χ2v) is 9.22. The molecule has 1 aromatic carbocycles. The van der Waals surface area contributed by atoms with Crippen LogP contribution in [0.4, 0.5) is 0 Å². The van der Waals surface area contributed by atoms with Crippen molar-refractivity contribution in [2.75, 3.05) is 0 Å². The Morgan fingerprint density at radius 2 is 1.35 bits per heavy atom. The highest BCUT2D eigenvalue weighted by atomic mass is 16.3. The van der Waals surface area contributed by atoms with Crippen LogP contribution >= 0.6 is 0 Å². The first-order valence-electron chi connectivity index (χ1n) is 9.36. The molecule has 0 aliphatic carbocycles. The van der Waals surface area contributed by atoms with Gasteiger partial charge >= 0.3 is 0 Å². The minimum atomic E-state index is -0.0397. The maximum Gasteiger partial charge on any atom is 0.123 e. The molecule has 1 atom stereocenters. The van der Waals surface area contributed by atoms with E-state index in [0.29, 0.717) is 11.7 Å². The molecule has 0 aliphatic heterocycles. The minimum absolute atomic E-state index is 0.0397. The fourth-order valence-corrected chi connectivity index (χ4v) is 3.13. The summed E-state index contributed by atoms with van der Waals surface area (Å²) >= 11 is 0. The molecular formula is C22H38O. The zero-order valence-electron chi connectivity index (χ0n) is 16.7. The summed E-state index contributed by atoms with van der Waals surface area (Å²) in [6.45, 7) is 17.7. The van der Waals surface area contributed by atoms with Gasteiger partial charge < -0.3 is 5.11 Å². The van der Waals surface area contributed by atoms with Crippen LogP contribution in [0.3, 0.4) is 0 Å². The molecular weight excluding hydrogens is 280 g/mol. The maximum absolute atomic E-state index is 10.8. The monoisotopic (exact) mass is 318 g/mol. The molecule has 1 rings (SSSR count). The first-order valence-corrected chi connectivity index (χ1v) is 9.36. The Labute approximate surface area is 144 Å². The molecule has 0 fully saturated rings. The smallest absolute Gasteiger partial charge is 0.123 e. The number of unbranched alkanes of at least 4 members (excludes halogenated alkanes) is 3. The van der Waals surface area contributed by atoms with E-state index in [1.54, 1.807) is 0 Å². The van der Waals surface area contributed by atoms with Gasteiger partial charge in [0.25, 0.3) is 0 Å². The Morgan fingerprint density at radius 3 is 1.74 bits per heavy atom. The maximum atomic E-state index is 10.8. The van der Waals surface area contributed by atoms with Crippen molar-refractivity contribution in [2.24, 2.45) is 0 Å². The van der Waals surface area contributed by atoms with Crippen LogP contribution in [0.15, 0.2) is 12.1 Å². The van der Waals surface area contributed by atoms with Gasteiger partial charge in [-0.2, -0.15) is 0 Å². The highest BCUT2D eigenvalue weighted by Crippen LogP contribution is 2.41. The lowest BCUT2D eigenvalue weighted by Crippen LogP contribution is -2.18. The summed E-state index contributed by atoms with van der Waals surface area (Å²) in [6, 6.07) is 4.49. The molecule has 0 aromatic heterocycles. The summed E-state index contributed by atoms with van der Waals surface area (Å²) in [6.07, 6.45) is 6.49. The highest BCUT2D eigenvalue weighted by molar-refractivity contribution is 5.50. The quantitative estimate of drug-likeness (QED) is 0.556.